The van der Waals surface area contributed by atoms with Gasteiger partial charge in [-0.05, 0) is 29.5 Å². The molecule has 0 unspecified atom stereocenters. The van der Waals surface area contributed by atoms with Crippen LogP contribution < -0.4 is 0 Å². The zero-order chi connectivity index (χ0) is 20.2. The van der Waals surface area contributed by atoms with E-state index in [1.54, 1.807) is 0 Å². The normalized spacial score (nSPS) is 21.2. The second kappa shape index (κ2) is 8.60. The van der Waals surface area contributed by atoms with Crippen molar-refractivity contribution in [3.8, 4) is 11.1 Å². The van der Waals surface area contributed by atoms with Crippen LogP contribution in [0.3, 0.4) is 0 Å². The summed E-state index contributed by atoms with van der Waals surface area (Å²) in [7, 11) is 0. The predicted octanol–water partition coefficient (Wildman–Crippen LogP) is 3.96. The Kier molecular flexibility index (Phi) is 5.74. The van der Waals surface area contributed by atoms with Crippen molar-refractivity contribution >= 4 is 17.8 Å². The van der Waals surface area contributed by atoms with Gasteiger partial charge < -0.3 is 4.74 Å². The molecule has 2 aromatic rings. The Bertz CT molecular complexity index is 867. The van der Waals surface area contributed by atoms with E-state index in [2.05, 4.69) is 0 Å². The van der Waals surface area contributed by atoms with Crippen LogP contribution in [-0.2, 0) is 25.7 Å². The molecule has 1 aliphatic carbocycles. The summed E-state index contributed by atoms with van der Waals surface area (Å²) in [5.41, 5.74) is 3.14. The number of fused-ring (bicyclic) bond motifs is 1. The van der Waals surface area contributed by atoms with Crippen molar-refractivity contribution < 1.29 is 19.1 Å². The van der Waals surface area contributed by atoms with Gasteiger partial charge in [0, 0.05) is 6.54 Å². The predicted molar refractivity (Wildman–Crippen MR) is 108 cm³/mol. The van der Waals surface area contributed by atoms with Crippen molar-refractivity contribution in [2.45, 2.75) is 38.7 Å². The number of hydrogen-bond donors (Lipinski definition) is 0. The van der Waals surface area contributed by atoms with Gasteiger partial charge in [0.15, 0.2) is 0 Å². The molecule has 29 heavy (non-hydrogen) atoms. The number of ether oxygens (including phenoxy) is 1. The zero-order valence-corrected chi connectivity index (χ0v) is 16.4. The fraction of sp³-hybridized carbons (Fsp3) is 0.375. The van der Waals surface area contributed by atoms with Gasteiger partial charge in [0.1, 0.15) is 6.61 Å². The van der Waals surface area contributed by atoms with Crippen molar-refractivity contribution in [3.63, 3.8) is 0 Å². The van der Waals surface area contributed by atoms with Crippen LogP contribution in [0.15, 0.2) is 54.6 Å². The molecule has 4 rings (SSSR count). The molecule has 5 heteroatoms. The highest BCUT2D eigenvalue weighted by Crippen LogP contribution is 2.38. The van der Waals surface area contributed by atoms with Gasteiger partial charge in [-0.25, -0.2) is 0 Å². The Morgan fingerprint density at radius 3 is 2.07 bits per heavy atom. The van der Waals surface area contributed by atoms with Gasteiger partial charge in [-0.3, -0.25) is 19.3 Å². The lowest BCUT2D eigenvalue weighted by Crippen LogP contribution is -2.33. The van der Waals surface area contributed by atoms with E-state index in [-0.39, 0.29) is 43.2 Å². The van der Waals surface area contributed by atoms with Crippen LogP contribution in [0.1, 0.15) is 37.7 Å². The van der Waals surface area contributed by atoms with Crippen molar-refractivity contribution in [1.82, 2.24) is 4.90 Å². The van der Waals surface area contributed by atoms with Crippen LogP contribution in [0.4, 0.5) is 0 Å². The molecule has 1 heterocycles. The first-order valence-corrected chi connectivity index (χ1v) is 10.3. The van der Waals surface area contributed by atoms with Gasteiger partial charge in [0.2, 0.25) is 11.8 Å². The van der Waals surface area contributed by atoms with Crippen LogP contribution in [0.2, 0.25) is 0 Å². The molecule has 0 N–H and O–H groups in total. The number of nitrogens with zero attached hydrogens (tertiary/aromatic N) is 1. The molecular formula is C24H25NO4. The van der Waals surface area contributed by atoms with E-state index < -0.39 is 5.97 Å². The fourth-order valence-electron chi connectivity index (χ4n) is 4.31. The summed E-state index contributed by atoms with van der Waals surface area (Å²) < 4.78 is 5.33. The van der Waals surface area contributed by atoms with Crippen molar-refractivity contribution in [3.05, 3.63) is 60.2 Å². The summed E-state index contributed by atoms with van der Waals surface area (Å²) in [4.78, 5) is 38.3. The first-order chi connectivity index (χ1) is 14.1. The number of benzene rings is 2. The smallest absolute Gasteiger partial charge is 0.307 e. The molecule has 0 aromatic heterocycles. The van der Waals surface area contributed by atoms with E-state index in [0.717, 1.165) is 42.4 Å². The summed E-state index contributed by atoms with van der Waals surface area (Å²) in [5, 5.41) is 0. The molecule has 2 fully saturated rings. The van der Waals surface area contributed by atoms with Gasteiger partial charge in [-0.15, -0.1) is 0 Å². The van der Waals surface area contributed by atoms with E-state index in [1.807, 2.05) is 54.6 Å². The Labute approximate surface area is 170 Å². The molecule has 2 amide bonds. The minimum absolute atomic E-state index is 0.0407. The lowest BCUT2D eigenvalue weighted by Gasteiger charge is -2.19. The molecule has 0 bridgehead atoms. The van der Waals surface area contributed by atoms with Crippen LogP contribution in [0.25, 0.3) is 11.1 Å². The SMILES string of the molecule is O=C(CCN1C(=O)[C@@H]2CCCC[C@H]2C1=O)OCc1ccc(-c2ccccc2)cc1. The number of carbonyl (C=O) groups excluding carboxylic acids is 3. The van der Waals surface area contributed by atoms with Crippen LogP contribution in [0, 0.1) is 11.8 Å². The van der Waals surface area contributed by atoms with Gasteiger partial charge in [-0.2, -0.15) is 0 Å². The van der Waals surface area contributed by atoms with Crippen LogP contribution >= 0.6 is 0 Å². The molecule has 1 saturated heterocycles. The first-order valence-electron chi connectivity index (χ1n) is 10.3. The van der Waals surface area contributed by atoms with E-state index in [0.29, 0.717) is 0 Å². The van der Waals surface area contributed by atoms with Crippen LogP contribution in [-0.4, -0.2) is 29.2 Å². The topological polar surface area (TPSA) is 63.7 Å². The number of amides is 2. The maximum Gasteiger partial charge on any atom is 0.307 e. The lowest BCUT2D eigenvalue weighted by atomic mass is 9.81. The Morgan fingerprint density at radius 1 is 0.862 bits per heavy atom. The molecule has 150 valence electrons. The molecule has 5 nitrogen and oxygen atoms in total. The maximum absolute atomic E-state index is 12.4. The number of carbonyl (C=O) groups is 3. The molecule has 0 spiro atoms. The molecule has 1 aliphatic heterocycles. The Hall–Kier alpha value is -2.95. The second-order valence-electron chi connectivity index (χ2n) is 7.80. The summed E-state index contributed by atoms with van der Waals surface area (Å²) in [6, 6.07) is 17.9. The van der Waals surface area contributed by atoms with Crippen molar-refractivity contribution in [2.75, 3.05) is 6.54 Å². The fourth-order valence-corrected chi connectivity index (χ4v) is 4.31. The number of esters is 1. The van der Waals surface area contributed by atoms with Crippen molar-refractivity contribution in [2.24, 2.45) is 11.8 Å². The van der Waals surface area contributed by atoms with Gasteiger partial charge in [0.25, 0.3) is 0 Å². The quantitative estimate of drug-likeness (QED) is 0.552. The van der Waals surface area contributed by atoms with Gasteiger partial charge in [-0.1, -0.05) is 67.4 Å². The largest absolute Gasteiger partial charge is 0.461 e. The van der Waals surface area contributed by atoms with E-state index in [9.17, 15) is 14.4 Å². The molecule has 1 saturated carbocycles. The average molecular weight is 391 g/mol. The third-order valence-electron chi connectivity index (χ3n) is 5.93. The van der Waals surface area contributed by atoms with E-state index >= 15 is 0 Å². The standard InChI is InChI=1S/C24H25NO4/c26-22(14-15-25-23(27)20-8-4-5-9-21(20)24(25)28)29-16-17-10-12-19(13-11-17)18-6-2-1-3-7-18/h1-3,6-7,10-13,20-21H,4-5,8-9,14-16H2/t20-,21-/m1/s1. The Morgan fingerprint density at radius 2 is 1.45 bits per heavy atom. The maximum atomic E-state index is 12.4. The highest BCUT2D eigenvalue weighted by atomic mass is 16.5. The molecule has 2 aliphatic rings. The molecule has 0 radical (unpaired) electrons. The third-order valence-corrected chi connectivity index (χ3v) is 5.93. The Balaban J connectivity index is 1.26. The minimum atomic E-state index is -0.396. The lowest BCUT2D eigenvalue weighted by molar-refractivity contribution is -0.146. The van der Waals surface area contributed by atoms with Gasteiger partial charge in [0.05, 0.1) is 18.3 Å². The summed E-state index contributed by atoms with van der Waals surface area (Å²) in [6.45, 7) is 0.303. The molecule has 2 aromatic carbocycles. The number of rotatable bonds is 6. The molecular weight excluding hydrogens is 366 g/mol. The minimum Gasteiger partial charge on any atom is -0.461 e. The van der Waals surface area contributed by atoms with Crippen LogP contribution in [0.5, 0.6) is 0 Å². The van der Waals surface area contributed by atoms with Gasteiger partial charge >= 0.3 is 5.97 Å². The number of imide groups is 1. The third kappa shape index (κ3) is 4.24. The number of hydrogen-bond acceptors (Lipinski definition) is 4. The summed E-state index contributed by atoms with van der Waals surface area (Å²) >= 11 is 0. The highest BCUT2D eigenvalue weighted by Gasteiger charge is 2.47. The average Bonchev–Trinajstić information content (AvgIpc) is 3.02. The number of likely N-dealkylation sites (tertiary alicyclic amines) is 1. The summed E-state index contributed by atoms with van der Waals surface area (Å²) in [5.74, 6) is -0.952. The highest BCUT2D eigenvalue weighted by molar-refractivity contribution is 6.05. The van der Waals surface area contributed by atoms with E-state index in [4.69, 9.17) is 4.74 Å². The zero-order valence-electron chi connectivity index (χ0n) is 16.4. The van der Waals surface area contributed by atoms with E-state index in [1.165, 1.54) is 4.90 Å². The molecule has 2 atom stereocenters. The monoisotopic (exact) mass is 391 g/mol. The van der Waals surface area contributed by atoms with Crippen molar-refractivity contribution in [1.29, 1.82) is 0 Å². The first kappa shape index (κ1) is 19.4. The summed E-state index contributed by atoms with van der Waals surface area (Å²) in [6.07, 6.45) is 3.61. The second-order valence-corrected chi connectivity index (χ2v) is 7.80.